The van der Waals surface area contributed by atoms with E-state index in [1.807, 2.05) is 54.6 Å². The Labute approximate surface area is 238 Å². The van der Waals surface area contributed by atoms with Gasteiger partial charge in [0.05, 0.1) is 29.5 Å². The molecule has 0 saturated heterocycles. The van der Waals surface area contributed by atoms with Gasteiger partial charge in [0.1, 0.15) is 11.7 Å². The van der Waals surface area contributed by atoms with Gasteiger partial charge in [-0.25, -0.2) is 4.98 Å². The van der Waals surface area contributed by atoms with E-state index < -0.39 is 0 Å². The summed E-state index contributed by atoms with van der Waals surface area (Å²) in [5, 5.41) is 7.62. The van der Waals surface area contributed by atoms with Crippen LogP contribution in [0.4, 0.5) is 5.69 Å². The number of hydrogen-bond acceptors (Lipinski definition) is 6. The number of benzene rings is 2. The highest BCUT2D eigenvalue weighted by Gasteiger charge is 2.20. The fraction of sp³-hybridized carbons (Fsp3) is 0.194. The van der Waals surface area contributed by atoms with Crippen LogP contribution in [0.25, 0.3) is 11.0 Å². The summed E-state index contributed by atoms with van der Waals surface area (Å²) in [6.07, 6.45) is 11.7. The fourth-order valence-corrected chi connectivity index (χ4v) is 5.06. The minimum Gasteiger partial charge on any atom is -0.384 e. The first-order valence-electron chi connectivity index (χ1n) is 13.2. The number of imidazole rings is 1. The number of carbonyl (C=O) groups excluding carboxylic acids is 1. The van der Waals surface area contributed by atoms with E-state index in [-0.39, 0.29) is 11.7 Å². The van der Waals surface area contributed by atoms with Crippen LogP contribution in [0, 0.1) is 5.41 Å². The molecule has 0 saturated carbocycles. The molecule has 0 spiro atoms. The highest BCUT2D eigenvalue weighted by atomic mass is 32.1. The van der Waals surface area contributed by atoms with Crippen molar-refractivity contribution in [2.75, 3.05) is 18.0 Å². The number of rotatable bonds is 10. The standard InChI is InChI=1S/C31H31N7OS/c32-15-17-37(25-5-3-16-35-19-25)31(39)23-12-13-27-26(18-23)36-29(38(27)20-24-4-1-2-6-28(24)40)14-9-21-7-10-22(11-8-21)30(33)34/h1-5,7-8,10-13,16,18-19H,6,9,14-15,17,20,32H2,(H3,33,34). The van der Waals surface area contributed by atoms with Crippen molar-refractivity contribution < 1.29 is 4.79 Å². The molecule has 0 aliphatic heterocycles. The lowest BCUT2D eigenvalue weighted by molar-refractivity contribution is 0.0987. The number of pyridine rings is 1. The van der Waals surface area contributed by atoms with Crippen molar-refractivity contribution in [1.82, 2.24) is 14.5 Å². The molecule has 9 heteroatoms. The summed E-state index contributed by atoms with van der Waals surface area (Å²) in [7, 11) is 0. The van der Waals surface area contributed by atoms with Crippen molar-refractivity contribution in [3.05, 3.63) is 113 Å². The van der Waals surface area contributed by atoms with Gasteiger partial charge in [0.15, 0.2) is 0 Å². The number of carbonyl (C=O) groups is 1. The van der Waals surface area contributed by atoms with Gasteiger partial charge in [-0.2, -0.15) is 0 Å². The zero-order valence-electron chi connectivity index (χ0n) is 22.1. The van der Waals surface area contributed by atoms with Gasteiger partial charge in [-0.1, -0.05) is 54.7 Å². The molecular weight excluding hydrogens is 518 g/mol. The third-order valence-electron chi connectivity index (χ3n) is 6.96. The zero-order valence-corrected chi connectivity index (χ0v) is 22.9. The van der Waals surface area contributed by atoms with Crippen LogP contribution in [0.2, 0.25) is 0 Å². The van der Waals surface area contributed by atoms with Crippen molar-refractivity contribution >= 4 is 45.5 Å². The Morgan fingerprint density at radius 3 is 2.60 bits per heavy atom. The highest BCUT2D eigenvalue weighted by Crippen LogP contribution is 2.24. The van der Waals surface area contributed by atoms with Crippen molar-refractivity contribution in [2.24, 2.45) is 11.5 Å². The molecule has 1 aliphatic rings. The van der Waals surface area contributed by atoms with Gasteiger partial charge in [-0.15, -0.1) is 0 Å². The molecule has 0 atom stereocenters. The van der Waals surface area contributed by atoms with Gasteiger partial charge < -0.3 is 20.9 Å². The molecule has 4 aromatic rings. The average molecular weight is 550 g/mol. The molecule has 1 amide bonds. The van der Waals surface area contributed by atoms with Crippen molar-refractivity contribution in [3.8, 4) is 0 Å². The van der Waals surface area contributed by atoms with Crippen LogP contribution >= 0.6 is 12.2 Å². The summed E-state index contributed by atoms with van der Waals surface area (Å²) in [4.78, 5) is 25.3. The zero-order chi connectivity index (χ0) is 28.1. The number of fused-ring (bicyclic) bond motifs is 1. The van der Waals surface area contributed by atoms with E-state index in [9.17, 15) is 4.79 Å². The molecule has 1 aliphatic carbocycles. The minimum absolute atomic E-state index is 0.0537. The van der Waals surface area contributed by atoms with Crippen LogP contribution < -0.4 is 16.4 Å². The monoisotopic (exact) mass is 549 g/mol. The summed E-state index contributed by atoms with van der Waals surface area (Å²) in [6, 6.07) is 17.0. The number of nitrogens with zero attached hydrogens (tertiary/aromatic N) is 4. The number of nitrogens with one attached hydrogen (secondary N) is 1. The summed E-state index contributed by atoms with van der Waals surface area (Å²) in [6.45, 7) is 1.32. The molecule has 5 rings (SSSR count). The topological polar surface area (TPSA) is 127 Å². The third kappa shape index (κ3) is 5.90. The Bertz CT molecular complexity index is 1620. The van der Waals surface area contributed by atoms with E-state index in [0.29, 0.717) is 42.9 Å². The predicted molar refractivity (Wildman–Crippen MR) is 164 cm³/mol. The lowest BCUT2D eigenvalue weighted by Gasteiger charge is -2.21. The summed E-state index contributed by atoms with van der Waals surface area (Å²) < 4.78 is 2.20. The lowest BCUT2D eigenvalue weighted by Crippen LogP contribution is -2.35. The van der Waals surface area contributed by atoms with E-state index in [4.69, 9.17) is 34.1 Å². The number of thiocarbonyl (C=S) groups is 1. The Kier molecular flexibility index (Phi) is 8.23. The maximum atomic E-state index is 13.6. The van der Waals surface area contributed by atoms with E-state index in [1.165, 1.54) is 0 Å². The first-order valence-corrected chi connectivity index (χ1v) is 13.6. The molecule has 2 aromatic carbocycles. The van der Waals surface area contributed by atoms with E-state index in [0.717, 1.165) is 45.7 Å². The van der Waals surface area contributed by atoms with Crippen LogP contribution in [-0.4, -0.2) is 44.2 Å². The Balaban J connectivity index is 1.48. The molecule has 0 fully saturated rings. The molecular formula is C31H31N7OS. The van der Waals surface area contributed by atoms with Gasteiger partial charge >= 0.3 is 0 Å². The molecule has 2 aromatic heterocycles. The predicted octanol–water partition coefficient (Wildman–Crippen LogP) is 4.36. The van der Waals surface area contributed by atoms with Crippen molar-refractivity contribution in [1.29, 1.82) is 5.41 Å². The first kappa shape index (κ1) is 27.1. The number of amides is 1. The second kappa shape index (κ2) is 12.1. The van der Waals surface area contributed by atoms with Crippen LogP contribution in [0.15, 0.2) is 90.8 Å². The first-order chi connectivity index (χ1) is 19.4. The van der Waals surface area contributed by atoms with Crippen molar-refractivity contribution in [3.63, 3.8) is 0 Å². The smallest absolute Gasteiger partial charge is 0.258 e. The summed E-state index contributed by atoms with van der Waals surface area (Å²) >= 11 is 5.65. The maximum Gasteiger partial charge on any atom is 0.258 e. The van der Waals surface area contributed by atoms with Gasteiger partial charge in [0.2, 0.25) is 0 Å². The van der Waals surface area contributed by atoms with Crippen LogP contribution in [-0.2, 0) is 19.4 Å². The number of nitrogens with two attached hydrogens (primary N) is 2. The van der Waals surface area contributed by atoms with Gasteiger partial charge in [-0.3, -0.25) is 15.2 Å². The van der Waals surface area contributed by atoms with Gasteiger partial charge in [-0.05, 0) is 47.9 Å². The highest BCUT2D eigenvalue weighted by molar-refractivity contribution is 7.80. The number of nitrogen functional groups attached to an aromatic ring is 1. The van der Waals surface area contributed by atoms with Crippen LogP contribution in [0.1, 0.15) is 33.7 Å². The number of anilines is 1. The fourth-order valence-electron chi connectivity index (χ4n) is 4.83. The largest absolute Gasteiger partial charge is 0.384 e. The SMILES string of the molecule is N=C(N)c1ccc(CCc2nc3cc(C(=O)N(CCN)c4cccnc4)ccc3n2CC2=CC=CCC2=S)cc1. The van der Waals surface area contributed by atoms with Crippen molar-refractivity contribution in [2.45, 2.75) is 25.8 Å². The quantitative estimate of drug-likeness (QED) is 0.153. The molecule has 2 heterocycles. The average Bonchev–Trinajstić information content (AvgIpc) is 3.32. The molecule has 40 heavy (non-hydrogen) atoms. The number of aryl methyl sites for hydroxylation is 2. The van der Waals surface area contributed by atoms with E-state index >= 15 is 0 Å². The maximum absolute atomic E-state index is 13.6. The molecule has 0 radical (unpaired) electrons. The van der Waals surface area contributed by atoms with Crippen LogP contribution in [0.5, 0.6) is 0 Å². The van der Waals surface area contributed by atoms with Gasteiger partial charge in [0.25, 0.3) is 5.91 Å². The second-order valence-corrected chi connectivity index (χ2v) is 10.1. The van der Waals surface area contributed by atoms with E-state index in [1.54, 1.807) is 23.4 Å². The Hall–Kier alpha value is -4.47. The number of aromatic nitrogens is 3. The van der Waals surface area contributed by atoms with E-state index in [2.05, 4.69) is 21.7 Å². The normalized spacial score (nSPS) is 12.9. The lowest BCUT2D eigenvalue weighted by atomic mass is 10.0. The Morgan fingerprint density at radius 2 is 1.90 bits per heavy atom. The molecule has 0 unspecified atom stereocenters. The number of hydrogen-bond donors (Lipinski definition) is 3. The van der Waals surface area contributed by atoms with Crippen LogP contribution in [0.3, 0.4) is 0 Å². The second-order valence-electron chi connectivity index (χ2n) is 9.63. The summed E-state index contributed by atoms with van der Waals surface area (Å²) in [5.74, 6) is 0.820. The number of allylic oxidation sites excluding steroid dienone is 4. The molecule has 202 valence electrons. The molecule has 0 bridgehead atoms. The Morgan fingerprint density at radius 1 is 1.10 bits per heavy atom. The molecule has 5 N–H and O–H groups in total. The minimum atomic E-state index is -0.150. The van der Waals surface area contributed by atoms with Gasteiger partial charge in [0, 0.05) is 48.1 Å². The third-order valence-corrected chi connectivity index (χ3v) is 7.38. The number of amidine groups is 1. The summed E-state index contributed by atoms with van der Waals surface area (Å²) in [5.41, 5.74) is 17.3. The molecule has 8 nitrogen and oxygen atoms in total.